The summed E-state index contributed by atoms with van der Waals surface area (Å²) < 4.78 is 0. The van der Waals surface area contributed by atoms with Crippen molar-refractivity contribution in [3.63, 3.8) is 0 Å². The number of nitrogens with two attached hydrogens (primary N) is 1. The number of nitro benzene ring substituents is 1. The van der Waals surface area contributed by atoms with Crippen molar-refractivity contribution in [2.24, 2.45) is 0 Å². The first kappa shape index (κ1) is 12.7. The minimum Gasteiger partial charge on any atom is -0.398 e. The van der Waals surface area contributed by atoms with Gasteiger partial charge in [-0.3, -0.25) is 10.1 Å². The van der Waals surface area contributed by atoms with Crippen molar-refractivity contribution < 1.29 is 15.1 Å². The maximum Gasteiger partial charge on any atom is 0.271 e. The number of hydrogen-bond donors (Lipinski definition) is 3. The van der Waals surface area contributed by atoms with Gasteiger partial charge in [0, 0.05) is 23.4 Å². The van der Waals surface area contributed by atoms with E-state index in [1.165, 1.54) is 12.1 Å². The zero-order chi connectivity index (χ0) is 12.3. The summed E-state index contributed by atoms with van der Waals surface area (Å²) in [6, 6.07) is 3.63. The lowest BCUT2D eigenvalue weighted by molar-refractivity contribution is -0.384. The summed E-state index contributed by atoms with van der Waals surface area (Å²) in [6.45, 7) is 0. The van der Waals surface area contributed by atoms with Crippen molar-refractivity contribution in [1.29, 1.82) is 0 Å². The lowest BCUT2D eigenvalue weighted by Crippen LogP contribution is -2.20. The van der Waals surface area contributed by atoms with E-state index in [1.54, 1.807) is 0 Å². The third kappa shape index (κ3) is 2.60. The van der Waals surface area contributed by atoms with Crippen LogP contribution in [0.5, 0.6) is 0 Å². The molecule has 0 fully saturated rings. The van der Waals surface area contributed by atoms with Gasteiger partial charge in [-0.25, -0.2) is 0 Å². The molecule has 1 rings (SSSR count). The molecule has 1 aromatic rings. The SMILES string of the molecule is Nc1cc([N+](=O)[O-])ccc1C(O)C(O)CCl. The number of benzene rings is 1. The number of halogens is 1. The fraction of sp³-hybridized carbons (Fsp3) is 0.333. The number of anilines is 1. The summed E-state index contributed by atoms with van der Waals surface area (Å²) in [7, 11) is 0. The molecule has 0 aliphatic rings. The van der Waals surface area contributed by atoms with Gasteiger partial charge in [0.1, 0.15) is 6.10 Å². The Morgan fingerprint density at radius 1 is 1.50 bits per heavy atom. The second-order valence-electron chi connectivity index (χ2n) is 3.24. The Hall–Kier alpha value is -1.37. The molecular weight excluding hydrogens is 236 g/mol. The molecule has 16 heavy (non-hydrogen) atoms. The van der Waals surface area contributed by atoms with Crippen LogP contribution in [0.2, 0.25) is 0 Å². The van der Waals surface area contributed by atoms with Crippen molar-refractivity contribution in [3.05, 3.63) is 33.9 Å². The number of rotatable bonds is 4. The van der Waals surface area contributed by atoms with E-state index in [4.69, 9.17) is 17.3 Å². The van der Waals surface area contributed by atoms with Crippen LogP contribution < -0.4 is 5.73 Å². The molecule has 2 unspecified atom stereocenters. The highest BCUT2D eigenvalue weighted by Gasteiger charge is 2.21. The third-order valence-electron chi connectivity index (χ3n) is 2.12. The second-order valence-corrected chi connectivity index (χ2v) is 3.55. The Kier molecular flexibility index (Phi) is 4.05. The highest BCUT2D eigenvalue weighted by Crippen LogP contribution is 2.27. The zero-order valence-corrected chi connectivity index (χ0v) is 8.96. The van der Waals surface area contributed by atoms with Crippen LogP contribution in [-0.2, 0) is 0 Å². The van der Waals surface area contributed by atoms with Crippen LogP contribution in [0.1, 0.15) is 11.7 Å². The molecule has 0 amide bonds. The second kappa shape index (κ2) is 5.11. The molecule has 4 N–H and O–H groups in total. The largest absolute Gasteiger partial charge is 0.398 e. The minimum atomic E-state index is -1.25. The zero-order valence-electron chi connectivity index (χ0n) is 8.21. The van der Waals surface area contributed by atoms with E-state index in [9.17, 15) is 20.3 Å². The van der Waals surface area contributed by atoms with E-state index in [1.807, 2.05) is 0 Å². The molecule has 0 spiro atoms. The van der Waals surface area contributed by atoms with Gasteiger partial charge < -0.3 is 15.9 Å². The van der Waals surface area contributed by atoms with Gasteiger partial charge in [-0.05, 0) is 6.07 Å². The molecule has 0 aromatic heterocycles. The molecule has 0 aliphatic carbocycles. The van der Waals surface area contributed by atoms with Crippen molar-refractivity contribution in [1.82, 2.24) is 0 Å². The summed E-state index contributed by atoms with van der Waals surface area (Å²) in [5.41, 5.74) is 5.63. The van der Waals surface area contributed by atoms with Crippen LogP contribution in [-0.4, -0.2) is 27.1 Å². The fourth-order valence-electron chi connectivity index (χ4n) is 1.24. The molecule has 0 aliphatic heterocycles. The molecule has 2 atom stereocenters. The Bertz CT molecular complexity index is 399. The predicted octanol–water partition coefficient (Wildman–Crippen LogP) is 0.810. The van der Waals surface area contributed by atoms with Crippen molar-refractivity contribution in [2.45, 2.75) is 12.2 Å². The van der Waals surface area contributed by atoms with Crippen LogP contribution in [0.3, 0.4) is 0 Å². The lowest BCUT2D eigenvalue weighted by atomic mass is 10.0. The summed E-state index contributed by atoms with van der Waals surface area (Å²) in [5.74, 6) is -0.155. The molecule has 0 saturated heterocycles. The predicted molar refractivity (Wildman–Crippen MR) is 59.2 cm³/mol. The number of alkyl halides is 1. The average Bonchev–Trinajstić information content (AvgIpc) is 2.26. The molecule has 6 nitrogen and oxygen atoms in total. The van der Waals surface area contributed by atoms with Crippen LogP contribution in [0.4, 0.5) is 11.4 Å². The van der Waals surface area contributed by atoms with Crippen molar-refractivity contribution in [3.8, 4) is 0 Å². The van der Waals surface area contributed by atoms with E-state index >= 15 is 0 Å². The molecule has 1 aromatic carbocycles. The minimum absolute atomic E-state index is 0.0471. The summed E-state index contributed by atoms with van der Waals surface area (Å²) in [6.07, 6.45) is -2.41. The number of aliphatic hydroxyl groups is 2. The van der Waals surface area contributed by atoms with E-state index in [0.29, 0.717) is 0 Å². The maximum atomic E-state index is 10.4. The molecule has 0 heterocycles. The first-order chi connectivity index (χ1) is 7.47. The van der Waals surface area contributed by atoms with Gasteiger partial charge in [0.2, 0.25) is 0 Å². The van der Waals surface area contributed by atoms with E-state index in [0.717, 1.165) is 6.07 Å². The highest BCUT2D eigenvalue weighted by atomic mass is 35.5. The smallest absolute Gasteiger partial charge is 0.271 e. The molecule has 7 heteroatoms. The summed E-state index contributed by atoms with van der Waals surface area (Å²) in [4.78, 5) is 9.85. The van der Waals surface area contributed by atoms with Gasteiger partial charge in [-0.1, -0.05) is 0 Å². The van der Waals surface area contributed by atoms with Crippen LogP contribution in [0, 0.1) is 10.1 Å². The molecule has 0 bridgehead atoms. The molecule has 0 radical (unpaired) electrons. The first-order valence-corrected chi connectivity index (χ1v) is 4.96. The first-order valence-electron chi connectivity index (χ1n) is 4.43. The van der Waals surface area contributed by atoms with Gasteiger partial charge in [-0.15, -0.1) is 11.6 Å². The number of non-ortho nitro benzene ring substituents is 1. The molecule has 88 valence electrons. The third-order valence-corrected chi connectivity index (χ3v) is 2.44. The molecular formula is C9H11ClN2O4. The lowest BCUT2D eigenvalue weighted by Gasteiger charge is -2.17. The fourth-order valence-corrected chi connectivity index (χ4v) is 1.41. The summed E-state index contributed by atoms with van der Waals surface area (Å²) >= 11 is 5.37. The standard InChI is InChI=1S/C9H11ClN2O4/c10-4-8(13)9(14)6-2-1-5(12(15)16)3-7(6)11/h1-3,8-9,13-14H,4,11H2. The van der Waals surface area contributed by atoms with Gasteiger partial charge in [0.05, 0.1) is 16.9 Å². The number of nitro groups is 1. The number of nitrogen functional groups attached to an aromatic ring is 1. The van der Waals surface area contributed by atoms with Crippen molar-refractivity contribution >= 4 is 23.0 Å². The number of hydrogen-bond acceptors (Lipinski definition) is 5. The highest BCUT2D eigenvalue weighted by molar-refractivity contribution is 6.18. The topological polar surface area (TPSA) is 110 Å². The van der Waals surface area contributed by atoms with E-state index < -0.39 is 17.1 Å². The van der Waals surface area contributed by atoms with Gasteiger partial charge in [-0.2, -0.15) is 0 Å². The number of nitrogens with zero attached hydrogens (tertiary/aromatic N) is 1. The monoisotopic (exact) mass is 246 g/mol. The van der Waals surface area contributed by atoms with Crippen LogP contribution >= 0.6 is 11.6 Å². The van der Waals surface area contributed by atoms with Crippen molar-refractivity contribution in [2.75, 3.05) is 11.6 Å². The Morgan fingerprint density at radius 2 is 2.12 bits per heavy atom. The van der Waals surface area contributed by atoms with E-state index in [2.05, 4.69) is 0 Å². The number of aliphatic hydroxyl groups excluding tert-OH is 2. The van der Waals surface area contributed by atoms with Gasteiger partial charge in [0.25, 0.3) is 5.69 Å². The normalized spacial score (nSPS) is 14.4. The summed E-state index contributed by atoms with van der Waals surface area (Å²) in [5, 5.41) is 29.4. The quantitative estimate of drug-likeness (QED) is 0.315. The Labute approximate surface area is 96.4 Å². The Morgan fingerprint density at radius 3 is 2.56 bits per heavy atom. The van der Waals surface area contributed by atoms with Crippen LogP contribution in [0.15, 0.2) is 18.2 Å². The molecule has 0 saturated carbocycles. The van der Waals surface area contributed by atoms with Gasteiger partial charge >= 0.3 is 0 Å². The van der Waals surface area contributed by atoms with Crippen LogP contribution in [0.25, 0.3) is 0 Å². The van der Waals surface area contributed by atoms with E-state index in [-0.39, 0.29) is 22.8 Å². The average molecular weight is 247 g/mol. The maximum absolute atomic E-state index is 10.4. The Balaban J connectivity index is 3.03. The van der Waals surface area contributed by atoms with Gasteiger partial charge in [0.15, 0.2) is 0 Å².